The molecule has 0 spiro atoms. The van der Waals surface area contributed by atoms with E-state index in [4.69, 9.17) is 23.1 Å². The molecule has 0 aromatic heterocycles. The molecule has 1 aromatic carbocycles. The van der Waals surface area contributed by atoms with Gasteiger partial charge in [0.2, 0.25) is 0 Å². The molecule has 0 amide bonds. The summed E-state index contributed by atoms with van der Waals surface area (Å²) < 4.78 is 42.6. The molecule has 0 bridgehead atoms. The Morgan fingerprint density at radius 3 is 2.21 bits per heavy atom. The zero-order chi connectivity index (χ0) is 18.5. The molecule has 0 atom stereocenters. The third-order valence-electron chi connectivity index (χ3n) is 2.78. The van der Waals surface area contributed by atoms with Crippen LogP contribution in [-0.4, -0.2) is 37.4 Å². The zero-order valence-corrected chi connectivity index (χ0v) is 13.1. The molecule has 130 valence electrons. The number of aliphatic imine (C=N–C) groups is 1. The molecule has 0 unspecified atom stereocenters. The number of ether oxygens (including phenoxy) is 1. The first-order valence-corrected chi connectivity index (χ1v) is 6.71. The summed E-state index contributed by atoms with van der Waals surface area (Å²) in [5, 5.41) is 0.388. The number of esters is 1. The number of Topliss-reactive ketones (excluding diaryl/α,β-unsaturated/α-hetero) is 1. The average Bonchev–Trinajstić information content (AvgIpc) is 2.52. The zero-order valence-electron chi connectivity index (χ0n) is 12.4. The molecule has 1 rings (SSSR count). The lowest BCUT2D eigenvalue weighted by Gasteiger charge is -2.13. The number of halogens is 4. The van der Waals surface area contributed by atoms with Gasteiger partial charge in [0.15, 0.2) is 12.4 Å². The van der Waals surface area contributed by atoms with Gasteiger partial charge in [0.1, 0.15) is 17.1 Å². The maximum atomic E-state index is 12.7. The molecule has 0 saturated heterocycles. The van der Waals surface area contributed by atoms with Crippen LogP contribution in [0.5, 0.6) is 0 Å². The van der Waals surface area contributed by atoms with Crippen molar-refractivity contribution < 1.29 is 27.5 Å². The highest BCUT2D eigenvalue weighted by Crippen LogP contribution is 2.25. The lowest BCUT2D eigenvalue weighted by atomic mass is 10.1. The second-order valence-electron chi connectivity index (χ2n) is 4.40. The van der Waals surface area contributed by atoms with Gasteiger partial charge in [0.05, 0.1) is 0 Å². The van der Waals surface area contributed by atoms with Crippen LogP contribution < -0.4 is 11.5 Å². The molecular formula is C14H13ClF3N3O3. The Balaban J connectivity index is 2.94. The quantitative estimate of drug-likeness (QED) is 0.273. The number of hydrogen-bond acceptors (Lipinski definition) is 5. The standard InChI is InChI=1S/C14H13ClF3N3O3/c1-21-12(20)10(11(19)14(16,17)18)13(23)24-6-9(22)7-2-4-8(15)5-3-7/h2-5H,6,19H2,1H3,(H2,20,21). The first-order valence-electron chi connectivity index (χ1n) is 6.33. The van der Waals surface area contributed by atoms with Crippen LogP contribution in [0.15, 0.2) is 40.5 Å². The number of ketones is 1. The molecule has 0 aliphatic rings. The van der Waals surface area contributed by atoms with Crippen molar-refractivity contribution in [3.05, 3.63) is 46.1 Å². The number of alkyl halides is 3. The van der Waals surface area contributed by atoms with E-state index in [1.54, 1.807) is 0 Å². The Morgan fingerprint density at radius 1 is 1.21 bits per heavy atom. The molecule has 10 heteroatoms. The third-order valence-corrected chi connectivity index (χ3v) is 3.03. The van der Waals surface area contributed by atoms with Crippen molar-refractivity contribution in [1.82, 2.24) is 0 Å². The molecule has 0 aliphatic carbocycles. The van der Waals surface area contributed by atoms with Crippen molar-refractivity contribution in [3.63, 3.8) is 0 Å². The lowest BCUT2D eigenvalue weighted by Crippen LogP contribution is -2.33. The Morgan fingerprint density at radius 2 is 1.75 bits per heavy atom. The highest BCUT2D eigenvalue weighted by atomic mass is 35.5. The smallest absolute Gasteiger partial charge is 0.431 e. The number of allylic oxidation sites excluding steroid dienone is 1. The van der Waals surface area contributed by atoms with Crippen molar-refractivity contribution in [2.24, 2.45) is 16.5 Å². The molecule has 0 aliphatic heterocycles. The Bertz CT molecular complexity index is 697. The van der Waals surface area contributed by atoms with Crippen LogP contribution in [0.4, 0.5) is 13.2 Å². The van der Waals surface area contributed by atoms with E-state index in [0.717, 1.165) is 7.05 Å². The Kier molecular flexibility index (Phi) is 6.35. The molecule has 1 aromatic rings. The first-order chi connectivity index (χ1) is 11.1. The van der Waals surface area contributed by atoms with E-state index in [9.17, 15) is 22.8 Å². The normalized spacial score (nSPS) is 13.3. The van der Waals surface area contributed by atoms with Gasteiger partial charge < -0.3 is 16.2 Å². The highest BCUT2D eigenvalue weighted by Gasteiger charge is 2.38. The minimum absolute atomic E-state index is 0.165. The van der Waals surface area contributed by atoms with Gasteiger partial charge in [0, 0.05) is 17.6 Å². The minimum Gasteiger partial charge on any atom is -0.454 e. The van der Waals surface area contributed by atoms with Crippen LogP contribution in [0.1, 0.15) is 10.4 Å². The summed E-state index contributed by atoms with van der Waals surface area (Å²) in [6, 6.07) is 5.62. The van der Waals surface area contributed by atoms with E-state index in [1.165, 1.54) is 24.3 Å². The summed E-state index contributed by atoms with van der Waals surface area (Å²) in [5.74, 6) is -2.90. The van der Waals surface area contributed by atoms with Gasteiger partial charge in [-0.1, -0.05) is 11.6 Å². The van der Waals surface area contributed by atoms with Crippen molar-refractivity contribution in [2.45, 2.75) is 6.18 Å². The predicted octanol–water partition coefficient (Wildman–Crippen LogP) is 1.83. The maximum absolute atomic E-state index is 12.7. The van der Waals surface area contributed by atoms with E-state index < -0.39 is 41.6 Å². The number of benzene rings is 1. The van der Waals surface area contributed by atoms with Gasteiger partial charge in [-0.25, -0.2) is 4.79 Å². The SMILES string of the molecule is CN=C(N)C(C(=O)OCC(=O)c1ccc(Cl)cc1)=C(N)C(F)(F)F. The average molecular weight is 364 g/mol. The van der Waals surface area contributed by atoms with E-state index in [0.29, 0.717) is 5.02 Å². The Labute approximate surface area is 139 Å². The number of nitrogens with zero attached hydrogens (tertiary/aromatic N) is 1. The second-order valence-corrected chi connectivity index (χ2v) is 4.84. The van der Waals surface area contributed by atoms with Crippen molar-refractivity contribution in [3.8, 4) is 0 Å². The van der Waals surface area contributed by atoms with Crippen LogP contribution in [0.2, 0.25) is 5.02 Å². The van der Waals surface area contributed by atoms with Crippen LogP contribution in [-0.2, 0) is 9.53 Å². The molecule has 4 N–H and O–H groups in total. The lowest BCUT2D eigenvalue weighted by molar-refractivity contribution is -0.138. The number of amidine groups is 1. The fraction of sp³-hybridized carbons (Fsp3) is 0.214. The fourth-order valence-electron chi connectivity index (χ4n) is 1.53. The maximum Gasteiger partial charge on any atom is 0.431 e. The van der Waals surface area contributed by atoms with E-state index >= 15 is 0 Å². The number of carbonyl (C=O) groups is 2. The molecule has 0 saturated carbocycles. The van der Waals surface area contributed by atoms with Gasteiger partial charge in [0.25, 0.3) is 0 Å². The molecule has 0 fully saturated rings. The molecule has 6 nitrogen and oxygen atoms in total. The van der Waals surface area contributed by atoms with Crippen molar-refractivity contribution in [1.29, 1.82) is 0 Å². The largest absolute Gasteiger partial charge is 0.454 e. The summed E-state index contributed by atoms with van der Waals surface area (Å²) in [5.41, 5.74) is 7.43. The van der Waals surface area contributed by atoms with Crippen LogP contribution in [0.25, 0.3) is 0 Å². The number of hydrogen-bond donors (Lipinski definition) is 2. The van der Waals surface area contributed by atoms with Gasteiger partial charge in [-0.15, -0.1) is 0 Å². The van der Waals surface area contributed by atoms with Crippen LogP contribution >= 0.6 is 11.6 Å². The number of rotatable bonds is 5. The molecule has 0 heterocycles. The summed E-state index contributed by atoms with van der Waals surface area (Å²) in [4.78, 5) is 27.0. The van der Waals surface area contributed by atoms with Crippen molar-refractivity contribution >= 4 is 29.2 Å². The van der Waals surface area contributed by atoms with Crippen LogP contribution in [0, 0.1) is 0 Å². The van der Waals surface area contributed by atoms with E-state index in [-0.39, 0.29) is 5.56 Å². The Hall–Kier alpha value is -2.55. The highest BCUT2D eigenvalue weighted by molar-refractivity contribution is 6.30. The van der Waals surface area contributed by atoms with Gasteiger partial charge >= 0.3 is 12.1 Å². The van der Waals surface area contributed by atoms with Gasteiger partial charge in [-0.05, 0) is 24.3 Å². The van der Waals surface area contributed by atoms with E-state index in [2.05, 4.69) is 9.73 Å². The third kappa shape index (κ3) is 4.98. The molecular weight excluding hydrogens is 351 g/mol. The minimum atomic E-state index is -5.01. The molecule has 0 radical (unpaired) electrons. The monoisotopic (exact) mass is 363 g/mol. The summed E-state index contributed by atoms with van der Waals surface area (Å²) in [6.45, 7) is -0.800. The van der Waals surface area contributed by atoms with E-state index in [1.807, 2.05) is 0 Å². The predicted molar refractivity (Wildman–Crippen MR) is 81.6 cm³/mol. The topological polar surface area (TPSA) is 108 Å². The number of nitrogens with two attached hydrogens (primary N) is 2. The number of carbonyl (C=O) groups excluding carboxylic acids is 2. The summed E-state index contributed by atoms with van der Waals surface area (Å²) in [7, 11) is 1.07. The van der Waals surface area contributed by atoms with Gasteiger partial charge in [-0.3, -0.25) is 9.79 Å². The summed E-state index contributed by atoms with van der Waals surface area (Å²) in [6.07, 6.45) is -5.01. The van der Waals surface area contributed by atoms with Gasteiger partial charge in [-0.2, -0.15) is 13.2 Å². The van der Waals surface area contributed by atoms with Crippen molar-refractivity contribution in [2.75, 3.05) is 13.7 Å². The van der Waals surface area contributed by atoms with Crippen LogP contribution in [0.3, 0.4) is 0 Å². The second kappa shape index (κ2) is 7.82. The molecule has 24 heavy (non-hydrogen) atoms. The summed E-state index contributed by atoms with van der Waals surface area (Å²) >= 11 is 5.66. The fourth-order valence-corrected chi connectivity index (χ4v) is 1.65. The first kappa shape index (κ1) is 19.5.